The van der Waals surface area contributed by atoms with Gasteiger partial charge in [-0.3, -0.25) is 9.69 Å². The Kier molecular flexibility index (Phi) is 7.56. The summed E-state index contributed by atoms with van der Waals surface area (Å²) in [5.41, 5.74) is 11.1. The summed E-state index contributed by atoms with van der Waals surface area (Å²) >= 11 is 0. The Morgan fingerprint density at radius 1 is 0.973 bits per heavy atom. The maximum Gasteiger partial charge on any atom is 0.414 e. The van der Waals surface area contributed by atoms with Crippen LogP contribution < -0.4 is 4.90 Å². The van der Waals surface area contributed by atoms with Gasteiger partial charge in [0.1, 0.15) is 14.7 Å². The highest BCUT2D eigenvalue weighted by molar-refractivity contribution is 6.83. The quantitative estimate of drug-likeness (QED) is 0.228. The van der Waals surface area contributed by atoms with Crippen molar-refractivity contribution < 1.29 is 19.1 Å². The largest absolute Gasteiger partial charge is 0.469 e. The van der Waals surface area contributed by atoms with Crippen molar-refractivity contribution in [1.29, 1.82) is 0 Å². The van der Waals surface area contributed by atoms with Gasteiger partial charge in [-0.2, -0.15) is 0 Å². The maximum absolute atomic E-state index is 13.3. The van der Waals surface area contributed by atoms with Crippen LogP contribution in [0.25, 0.3) is 11.1 Å². The molecule has 3 aromatic carbocycles. The van der Waals surface area contributed by atoms with Gasteiger partial charge in [0.05, 0.1) is 19.2 Å². The van der Waals surface area contributed by atoms with E-state index in [1.165, 1.54) is 34.3 Å². The highest BCUT2D eigenvalue weighted by atomic mass is 28.3. The summed E-state index contributed by atoms with van der Waals surface area (Å²) in [6.07, 6.45) is -0.347. The topological polar surface area (TPSA) is 55.8 Å². The van der Waals surface area contributed by atoms with E-state index in [1.807, 2.05) is 43.3 Å². The number of fused-ring (bicyclic) bond motifs is 3. The lowest BCUT2D eigenvalue weighted by molar-refractivity contribution is -0.139. The second kappa shape index (κ2) is 10.7. The van der Waals surface area contributed by atoms with E-state index < -0.39 is 14.2 Å². The SMILES string of the molecule is COC(=O)Cc1cc(C#C[Si](C)(C)C)cc(N(C)C(=O)OCC2c3ccccc3-c3ccccc32)c1C. The van der Waals surface area contributed by atoms with E-state index in [9.17, 15) is 9.59 Å². The molecule has 3 aromatic rings. The molecule has 0 aromatic heterocycles. The summed E-state index contributed by atoms with van der Waals surface area (Å²) in [4.78, 5) is 26.9. The molecule has 190 valence electrons. The van der Waals surface area contributed by atoms with Crippen LogP contribution in [0.3, 0.4) is 0 Å². The van der Waals surface area contributed by atoms with E-state index in [1.54, 1.807) is 7.05 Å². The molecule has 1 aliphatic carbocycles. The first-order valence-electron chi connectivity index (χ1n) is 12.4. The molecule has 0 heterocycles. The fraction of sp³-hybridized carbons (Fsp3) is 0.290. The highest BCUT2D eigenvalue weighted by Crippen LogP contribution is 2.44. The number of nitrogens with zero attached hydrogens (tertiary/aromatic N) is 1. The van der Waals surface area contributed by atoms with E-state index in [4.69, 9.17) is 9.47 Å². The van der Waals surface area contributed by atoms with Crippen LogP contribution in [0.5, 0.6) is 0 Å². The van der Waals surface area contributed by atoms with Crippen molar-refractivity contribution in [3.8, 4) is 22.6 Å². The number of hydrogen-bond acceptors (Lipinski definition) is 4. The van der Waals surface area contributed by atoms with Gasteiger partial charge in [0.25, 0.3) is 0 Å². The zero-order valence-electron chi connectivity index (χ0n) is 22.3. The van der Waals surface area contributed by atoms with Gasteiger partial charge in [0.2, 0.25) is 0 Å². The van der Waals surface area contributed by atoms with Gasteiger partial charge in [-0.1, -0.05) is 74.1 Å². The minimum Gasteiger partial charge on any atom is -0.469 e. The molecule has 4 rings (SSSR count). The summed E-state index contributed by atoms with van der Waals surface area (Å²) < 4.78 is 10.8. The molecule has 1 amide bonds. The number of anilines is 1. The Bertz CT molecular complexity index is 1370. The van der Waals surface area contributed by atoms with Crippen LogP contribution in [0.4, 0.5) is 10.5 Å². The molecule has 0 N–H and O–H groups in total. The summed E-state index contributed by atoms with van der Waals surface area (Å²) in [5, 5.41) is 0. The van der Waals surface area contributed by atoms with E-state index in [-0.39, 0.29) is 24.9 Å². The number of hydrogen-bond donors (Lipinski definition) is 0. The Labute approximate surface area is 220 Å². The van der Waals surface area contributed by atoms with Gasteiger partial charge in [0, 0.05) is 18.5 Å². The highest BCUT2D eigenvalue weighted by Gasteiger charge is 2.30. The number of esters is 1. The van der Waals surface area contributed by atoms with Crippen molar-refractivity contribution in [2.45, 2.75) is 38.9 Å². The van der Waals surface area contributed by atoms with Crippen molar-refractivity contribution in [3.63, 3.8) is 0 Å². The predicted molar refractivity (Wildman–Crippen MR) is 151 cm³/mol. The molecule has 0 unspecified atom stereocenters. The lowest BCUT2D eigenvalue weighted by Crippen LogP contribution is -2.29. The zero-order valence-corrected chi connectivity index (χ0v) is 23.3. The van der Waals surface area contributed by atoms with E-state index in [0.29, 0.717) is 5.69 Å². The van der Waals surface area contributed by atoms with Gasteiger partial charge in [-0.05, 0) is 52.4 Å². The number of rotatable bonds is 5. The van der Waals surface area contributed by atoms with E-state index in [0.717, 1.165) is 16.7 Å². The minimum atomic E-state index is -1.62. The summed E-state index contributed by atoms with van der Waals surface area (Å²) in [7, 11) is 1.44. The molecular formula is C31H33NO4Si. The number of methoxy groups -OCH3 is 1. The fourth-order valence-electron chi connectivity index (χ4n) is 4.64. The second-order valence-electron chi connectivity index (χ2n) is 10.4. The molecule has 0 radical (unpaired) electrons. The summed E-state index contributed by atoms with van der Waals surface area (Å²) in [5.74, 6) is 2.90. The third-order valence-corrected chi connectivity index (χ3v) is 7.48. The molecule has 0 fully saturated rings. The number of carbonyl (C=O) groups excluding carboxylic acids is 2. The first kappa shape index (κ1) is 26.2. The van der Waals surface area contributed by atoms with Crippen LogP contribution in [-0.2, 0) is 20.7 Å². The molecular weight excluding hydrogens is 478 g/mol. The van der Waals surface area contributed by atoms with Crippen molar-refractivity contribution in [2.24, 2.45) is 0 Å². The molecule has 0 aliphatic heterocycles. The molecule has 0 saturated carbocycles. The van der Waals surface area contributed by atoms with Gasteiger partial charge in [-0.25, -0.2) is 4.79 Å². The van der Waals surface area contributed by atoms with Crippen LogP contribution in [0, 0.1) is 18.4 Å². The average molecular weight is 512 g/mol. The van der Waals surface area contributed by atoms with Gasteiger partial charge < -0.3 is 9.47 Å². The lowest BCUT2D eigenvalue weighted by Gasteiger charge is -2.23. The van der Waals surface area contributed by atoms with Crippen LogP contribution in [0.1, 0.15) is 33.7 Å². The van der Waals surface area contributed by atoms with Crippen molar-refractivity contribution in [1.82, 2.24) is 0 Å². The Hall–Kier alpha value is -3.82. The fourth-order valence-corrected chi connectivity index (χ4v) is 5.16. The van der Waals surface area contributed by atoms with Crippen molar-refractivity contribution in [3.05, 3.63) is 88.5 Å². The van der Waals surface area contributed by atoms with Crippen LogP contribution in [0.15, 0.2) is 60.7 Å². The Morgan fingerprint density at radius 3 is 2.14 bits per heavy atom. The molecule has 0 atom stereocenters. The zero-order chi connectivity index (χ0) is 26.7. The number of ether oxygens (including phenoxy) is 2. The maximum atomic E-state index is 13.3. The van der Waals surface area contributed by atoms with Crippen molar-refractivity contribution >= 4 is 25.8 Å². The van der Waals surface area contributed by atoms with Crippen molar-refractivity contribution in [2.75, 3.05) is 25.7 Å². The molecule has 0 spiro atoms. The molecule has 5 nitrogen and oxygen atoms in total. The Morgan fingerprint density at radius 2 is 1.57 bits per heavy atom. The smallest absolute Gasteiger partial charge is 0.414 e. The van der Waals surface area contributed by atoms with E-state index in [2.05, 4.69) is 55.4 Å². The van der Waals surface area contributed by atoms with Crippen LogP contribution in [0.2, 0.25) is 19.6 Å². The minimum absolute atomic E-state index is 0.0188. The van der Waals surface area contributed by atoms with Gasteiger partial charge >= 0.3 is 12.1 Å². The van der Waals surface area contributed by atoms with E-state index >= 15 is 0 Å². The molecule has 37 heavy (non-hydrogen) atoms. The number of benzene rings is 3. The third-order valence-electron chi connectivity index (χ3n) is 6.60. The number of amides is 1. The first-order valence-corrected chi connectivity index (χ1v) is 15.9. The standard InChI is InChI=1S/C31H33NO4Si/c1-21-23(19-30(33)35-3)17-22(15-16-37(4,5)6)18-29(21)32(2)31(34)36-20-28-26-13-9-7-11-24(26)25-12-8-10-14-27(25)28/h7-14,17-18,28H,19-20H2,1-6H3. The van der Waals surface area contributed by atoms with Crippen LogP contribution in [-0.4, -0.2) is 40.9 Å². The number of carbonyl (C=O) groups is 2. The second-order valence-corrected chi connectivity index (χ2v) is 15.1. The first-order chi connectivity index (χ1) is 17.6. The molecule has 1 aliphatic rings. The predicted octanol–water partition coefficient (Wildman–Crippen LogP) is 6.32. The summed E-state index contributed by atoms with van der Waals surface area (Å²) in [6, 6.07) is 20.3. The third kappa shape index (κ3) is 5.78. The molecule has 0 saturated heterocycles. The monoisotopic (exact) mass is 511 g/mol. The van der Waals surface area contributed by atoms with Crippen LogP contribution >= 0.6 is 0 Å². The lowest BCUT2D eigenvalue weighted by atomic mass is 9.98. The Balaban J connectivity index is 1.60. The molecule has 6 heteroatoms. The van der Waals surface area contributed by atoms with Gasteiger partial charge in [0.15, 0.2) is 0 Å². The molecule has 0 bridgehead atoms. The normalized spacial score (nSPS) is 12.2. The summed E-state index contributed by atoms with van der Waals surface area (Å²) in [6.45, 7) is 8.66. The van der Waals surface area contributed by atoms with Gasteiger partial charge in [-0.15, -0.1) is 5.54 Å². The average Bonchev–Trinajstić information content (AvgIpc) is 3.20.